The van der Waals surface area contributed by atoms with Gasteiger partial charge in [0.15, 0.2) is 0 Å². The molecule has 1 unspecified atom stereocenters. The van der Waals surface area contributed by atoms with Gasteiger partial charge in [-0.15, -0.1) is 0 Å². The molecular formula is C17H26N2O2. The SMILES string of the molecule is CCC1CN(C)CCCN1Cc1ccccc1CC(=O)O. The number of hydrogen-bond donors (Lipinski definition) is 1. The van der Waals surface area contributed by atoms with Crippen LogP contribution >= 0.6 is 0 Å². The zero-order chi connectivity index (χ0) is 15.2. The molecule has 4 nitrogen and oxygen atoms in total. The van der Waals surface area contributed by atoms with Gasteiger partial charge in [0, 0.05) is 25.7 Å². The van der Waals surface area contributed by atoms with Gasteiger partial charge < -0.3 is 10.0 Å². The molecule has 0 bridgehead atoms. The van der Waals surface area contributed by atoms with Crippen molar-refractivity contribution in [3.05, 3.63) is 35.4 Å². The molecule has 0 saturated carbocycles. The number of benzene rings is 1. The molecule has 1 saturated heterocycles. The molecule has 0 radical (unpaired) electrons. The number of carboxylic acids is 1. The zero-order valence-corrected chi connectivity index (χ0v) is 13.1. The van der Waals surface area contributed by atoms with Gasteiger partial charge in [0.2, 0.25) is 0 Å². The number of carbonyl (C=O) groups is 1. The summed E-state index contributed by atoms with van der Waals surface area (Å²) >= 11 is 0. The van der Waals surface area contributed by atoms with Crippen LogP contribution in [0, 0.1) is 0 Å². The van der Waals surface area contributed by atoms with Crippen LogP contribution < -0.4 is 0 Å². The summed E-state index contributed by atoms with van der Waals surface area (Å²) in [5, 5.41) is 9.05. The van der Waals surface area contributed by atoms with Crippen molar-refractivity contribution in [1.82, 2.24) is 9.80 Å². The Bertz CT molecular complexity index is 476. The first kappa shape index (κ1) is 16.0. The largest absolute Gasteiger partial charge is 0.481 e. The molecule has 116 valence electrons. The molecule has 1 N–H and O–H groups in total. The molecule has 0 amide bonds. The van der Waals surface area contributed by atoms with E-state index in [9.17, 15) is 4.79 Å². The second-order valence-corrected chi connectivity index (χ2v) is 5.99. The topological polar surface area (TPSA) is 43.8 Å². The predicted octanol–water partition coefficient (Wildman–Crippen LogP) is 2.23. The molecule has 1 aliphatic heterocycles. The normalized spacial score (nSPS) is 21.1. The van der Waals surface area contributed by atoms with Crippen LogP contribution in [0.3, 0.4) is 0 Å². The Morgan fingerprint density at radius 1 is 1.29 bits per heavy atom. The minimum atomic E-state index is -0.759. The summed E-state index contributed by atoms with van der Waals surface area (Å²) in [6.45, 7) is 6.42. The number of rotatable bonds is 5. The van der Waals surface area contributed by atoms with Crippen LogP contribution in [0.5, 0.6) is 0 Å². The van der Waals surface area contributed by atoms with E-state index in [1.807, 2.05) is 18.2 Å². The van der Waals surface area contributed by atoms with E-state index in [-0.39, 0.29) is 6.42 Å². The number of nitrogens with zero attached hydrogens (tertiary/aromatic N) is 2. The van der Waals surface area contributed by atoms with Crippen LogP contribution in [0.1, 0.15) is 30.9 Å². The number of likely N-dealkylation sites (N-methyl/N-ethyl adjacent to an activating group) is 1. The van der Waals surface area contributed by atoms with Gasteiger partial charge >= 0.3 is 5.97 Å². The van der Waals surface area contributed by atoms with Crippen LogP contribution in [0.4, 0.5) is 0 Å². The fourth-order valence-electron chi connectivity index (χ4n) is 3.15. The van der Waals surface area contributed by atoms with Gasteiger partial charge in [-0.2, -0.15) is 0 Å². The first-order valence-electron chi connectivity index (χ1n) is 7.81. The first-order valence-corrected chi connectivity index (χ1v) is 7.81. The van der Waals surface area contributed by atoms with Crippen LogP contribution in [0.25, 0.3) is 0 Å². The molecule has 1 fully saturated rings. The summed E-state index contributed by atoms with van der Waals surface area (Å²) in [6, 6.07) is 8.49. The third kappa shape index (κ3) is 4.55. The van der Waals surface area contributed by atoms with Crippen LogP contribution in [-0.2, 0) is 17.8 Å². The lowest BCUT2D eigenvalue weighted by atomic mass is 10.0. The predicted molar refractivity (Wildman–Crippen MR) is 84.4 cm³/mol. The smallest absolute Gasteiger partial charge is 0.307 e. The summed E-state index contributed by atoms with van der Waals surface area (Å²) in [6.07, 6.45) is 2.42. The minimum Gasteiger partial charge on any atom is -0.481 e. The number of hydrogen-bond acceptors (Lipinski definition) is 3. The monoisotopic (exact) mass is 290 g/mol. The Labute approximate surface area is 127 Å². The van der Waals surface area contributed by atoms with Gasteiger partial charge in [0.1, 0.15) is 0 Å². The Morgan fingerprint density at radius 2 is 2.00 bits per heavy atom. The van der Waals surface area contributed by atoms with E-state index in [4.69, 9.17) is 5.11 Å². The maximum Gasteiger partial charge on any atom is 0.307 e. The average molecular weight is 290 g/mol. The van der Waals surface area contributed by atoms with E-state index < -0.39 is 5.97 Å². The highest BCUT2D eigenvalue weighted by atomic mass is 16.4. The van der Waals surface area contributed by atoms with Crippen molar-refractivity contribution >= 4 is 5.97 Å². The first-order chi connectivity index (χ1) is 10.1. The minimum absolute atomic E-state index is 0.112. The second-order valence-electron chi connectivity index (χ2n) is 5.99. The third-order valence-electron chi connectivity index (χ3n) is 4.33. The number of carboxylic acid groups (broad SMARTS) is 1. The summed E-state index contributed by atoms with van der Waals surface area (Å²) in [7, 11) is 2.19. The Morgan fingerprint density at radius 3 is 2.67 bits per heavy atom. The van der Waals surface area contributed by atoms with Crippen LogP contribution in [0.15, 0.2) is 24.3 Å². The fourth-order valence-corrected chi connectivity index (χ4v) is 3.15. The lowest BCUT2D eigenvalue weighted by Crippen LogP contribution is -2.39. The van der Waals surface area contributed by atoms with E-state index in [0.717, 1.165) is 43.7 Å². The lowest BCUT2D eigenvalue weighted by Gasteiger charge is -2.30. The van der Waals surface area contributed by atoms with Gasteiger partial charge in [-0.3, -0.25) is 9.69 Å². The van der Waals surface area contributed by atoms with Gasteiger partial charge in [0.25, 0.3) is 0 Å². The zero-order valence-electron chi connectivity index (χ0n) is 13.1. The quantitative estimate of drug-likeness (QED) is 0.903. The van der Waals surface area contributed by atoms with Crippen molar-refractivity contribution in [2.75, 3.05) is 26.7 Å². The van der Waals surface area contributed by atoms with Crippen molar-refractivity contribution in [1.29, 1.82) is 0 Å². The molecular weight excluding hydrogens is 264 g/mol. The third-order valence-corrected chi connectivity index (χ3v) is 4.33. The maximum atomic E-state index is 11.0. The molecule has 1 heterocycles. The standard InChI is InChI=1S/C17H26N2O2/c1-3-16-13-18(2)9-6-10-19(16)12-15-8-5-4-7-14(15)11-17(20)21/h4-5,7-8,16H,3,6,9-13H2,1-2H3,(H,20,21). The van der Waals surface area contributed by atoms with Crippen molar-refractivity contribution in [2.45, 2.75) is 38.8 Å². The average Bonchev–Trinajstić information content (AvgIpc) is 2.62. The van der Waals surface area contributed by atoms with Crippen molar-refractivity contribution in [2.24, 2.45) is 0 Å². The number of aliphatic carboxylic acids is 1. The van der Waals surface area contributed by atoms with Crippen molar-refractivity contribution in [3.8, 4) is 0 Å². The van der Waals surface area contributed by atoms with Gasteiger partial charge in [-0.05, 0) is 37.6 Å². The van der Waals surface area contributed by atoms with Gasteiger partial charge in [-0.25, -0.2) is 0 Å². The fraction of sp³-hybridized carbons (Fsp3) is 0.588. The Kier molecular flexibility index (Phi) is 5.76. The van der Waals surface area contributed by atoms with Crippen molar-refractivity contribution < 1.29 is 9.90 Å². The molecule has 4 heteroatoms. The van der Waals surface area contributed by atoms with E-state index >= 15 is 0 Å². The van der Waals surface area contributed by atoms with Crippen LogP contribution in [-0.4, -0.2) is 53.6 Å². The van der Waals surface area contributed by atoms with E-state index in [0.29, 0.717) is 6.04 Å². The molecule has 1 aromatic carbocycles. The van der Waals surface area contributed by atoms with Crippen LogP contribution in [0.2, 0.25) is 0 Å². The highest BCUT2D eigenvalue weighted by Gasteiger charge is 2.22. The molecule has 1 aliphatic rings. The Hall–Kier alpha value is -1.39. The second kappa shape index (κ2) is 7.57. The summed E-state index contributed by atoms with van der Waals surface area (Å²) in [5.41, 5.74) is 2.10. The molecule has 0 aromatic heterocycles. The summed E-state index contributed by atoms with van der Waals surface area (Å²) in [4.78, 5) is 15.9. The van der Waals surface area contributed by atoms with Gasteiger partial charge in [0.05, 0.1) is 6.42 Å². The highest BCUT2D eigenvalue weighted by Crippen LogP contribution is 2.18. The molecule has 1 atom stereocenters. The van der Waals surface area contributed by atoms with Gasteiger partial charge in [-0.1, -0.05) is 31.2 Å². The van der Waals surface area contributed by atoms with E-state index in [1.54, 1.807) is 0 Å². The van der Waals surface area contributed by atoms with Crippen molar-refractivity contribution in [3.63, 3.8) is 0 Å². The molecule has 21 heavy (non-hydrogen) atoms. The summed E-state index contributed by atoms with van der Waals surface area (Å²) < 4.78 is 0. The van der Waals surface area contributed by atoms with E-state index in [1.165, 1.54) is 6.42 Å². The maximum absolute atomic E-state index is 11.0. The molecule has 2 rings (SSSR count). The lowest BCUT2D eigenvalue weighted by molar-refractivity contribution is -0.136. The van der Waals surface area contributed by atoms with E-state index in [2.05, 4.69) is 29.8 Å². The highest BCUT2D eigenvalue weighted by molar-refractivity contribution is 5.70. The molecule has 0 spiro atoms. The molecule has 1 aromatic rings. The molecule has 0 aliphatic carbocycles. The Balaban J connectivity index is 2.13. The summed E-state index contributed by atoms with van der Waals surface area (Å²) in [5.74, 6) is -0.759.